The number of nitrogens with zero attached hydrogens (tertiary/aromatic N) is 5. The zero-order valence-corrected chi connectivity index (χ0v) is 14.1. The molecule has 2 aromatic heterocycles. The third-order valence-corrected chi connectivity index (χ3v) is 5.55. The first-order valence-electron chi connectivity index (χ1n) is 8.60. The van der Waals surface area contributed by atoms with Gasteiger partial charge in [0.15, 0.2) is 0 Å². The molecule has 0 saturated carbocycles. The van der Waals surface area contributed by atoms with Gasteiger partial charge in [0.2, 0.25) is 5.95 Å². The lowest BCUT2D eigenvalue weighted by molar-refractivity contribution is 0.0601. The molecule has 1 spiro atoms. The average Bonchev–Trinajstić information content (AvgIpc) is 3.23. The summed E-state index contributed by atoms with van der Waals surface area (Å²) in [5.41, 5.74) is 1.08. The van der Waals surface area contributed by atoms with Gasteiger partial charge in [-0.3, -0.25) is 4.79 Å². The Balaban J connectivity index is 1.40. The molecule has 2 aliphatic rings. The molecule has 0 atom stereocenters. The van der Waals surface area contributed by atoms with Gasteiger partial charge in [-0.15, -0.1) is 0 Å². The van der Waals surface area contributed by atoms with Gasteiger partial charge < -0.3 is 14.4 Å². The highest BCUT2D eigenvalue weighted by Crippen LogP contribution is 2.41. The number of rotatable bonds is 2. The van der Waals surface area contributed by atoms with Crippen molar-refractivity contribution in [1.29, 1.82) is 0 Å². The molecular formula is C18H23N5O. The van der Waals surface area contributed by atoms with Crippen molar-refractivity contribution in [3.05, 3.63) is 42.5 Å². The van der Waals surface area contributed by atoms with E-state index in [0.717, 1.165) is 57.1 Å². The molecule has 2 fully saturated rings. The van der Waals surface area contributed by atoms with Crippen LogP contribution < -0.4 is 4.90 Å². The zero-order valence-electron chi connectivity index (χ0n) is 14.1. The number of anilines is 1. The maximum atomic E-state index is 12.6. The Labute approximate surface area is 142 Å². The molecule has 0 aliphatic carbocycles. The molecule has 2 saturated heterocycles. The summed E-state index contributed by atoms with van der Waals surface area (Å²) in [4.78, 5) is 25.7. The fraction of sp³-hybridized carbons (Fsp3) is 0.500. The Morgan fingerprint density at radius 3 is 2.46 bits per heavy atom. The summed E-state index contributed by atoms with van der Waals surface area (Å²) in [6.45, 7) is 3.69. The van der Waals surface area contributed by atoms with Gasteiger partial charge in [0, 0.05) is 51.8 Å². The van der Waals surface area contributed by atoms with E-state index in [1.807, 2.05) is 40.9 Å². The summed E-state index contributed by atoms with van der Waals surface area (Å²) >= 11 is 0. The van der Waals surface area contributed by atoms with E-state index in [0.29, 0.717) is 5.41 Å². The number of amides is 1. The van der Waals surface area contributed by atoms with Crippen LogP contribution in [-0.2, 0) is 7.05 Å². The number of aromatic nitrogens is 3. The predicted octanol–water partition coefficient (Wildman–Crippen LogP) is 1.95. The van der Waals surface area contributed by atoms with Gasteiger partial charge in [0.25, 0.3) is 5.91 Å². The number of piperidine rings is 1. The molecule has 2 aliphatic heterocycles. The maximum Gasteiger partial charge on any atom is 0.270 e. The minimum atomic E-state index is 0.151. The summed E-state index contributed by atoms with van der Waals surface area (Å²) in [5.74, 6) is 0.982. The smallest absolute Gasteiger partial charge is 0.270 e. The first-order chi connectivity index (χ1) is 11.7. The minimum absolute atomic E-state index is 0.151. The van der Waals surface area contributed by atoms with Gasteiger partial charge in [-0.1, -0.05) is 0 Å². The fourth-order valence-electron chi connectivity index (χ4n) is 4.00. The van der Waals surface area contributed by atoms with Crippen LogP contribution in [0.2, 0.25) is 0 Å². The van der Waals surface area contributed by atoms with E-state index >= 15 is 0 Å². The summed E-state index contributed by atoms with van der Waals surface area (Å²) in [5, 5.41) is 0. The molecule has 0 bridgehead atoms. The summed E-state index contributed by atoms with van der Waals surface area (Å²) < 4.78 is 1.90. The van der Waals surface area contributed by atoms with Crippen LogP contribution >= 0.6 is 0 Å². The van der Waals surface area contributed by atoms with E-state index in [-0.39, 0.29) is 5.91 Å². The Morgan fingerprint density at radius 2 is 1.79 bits per heavy atom. The van der Waals surface area contributed by atoms with E-state index < -0.39 is 0 Å². The molecular weight excluding hydrogens is 302 g/mol. The topological polar surface area (TPSA) is 54.3 Å². The van der Waals surface area contributed by atoms with Gasteiger partial charge in [-0.05, 0) is 42.9 Å². The van der Waals surface area contributed by atoms with Gasteiger partial charge in [-0.25, -0.2) is 9.97 Å². The molecule has 4 heterocycles. The van der Waals surface area contributed by atoms with E-state index in [1.165, 1.54) is 0 Å². The van der Waals surface area contributed by atoms with Crippen LogP contribution in [-0.4, -0.2) is 51.5 Å². The molecule has 4 rings (SSSR count). The van der Waals surface area contributed by atoms with Crippen LogP contribution in [0.3, 0.4) is 0 Å². The average molecular weight is 325 g/mol. The molecule has 0 unspecified atom stereocenters. The standard InChI is InChI=1S/C18H23N5O/c1-21-10-2-4-15(21)16(24)22-11-5-18(6-12-22)7-13-23(14-18)17-19-8-3-9-20-17/h2-4,8-10H,5-7,11-14H2,1H3. The summed E-state index contributed by atoms with van der Waals surface area (Å²) in [7, 11) is 1.92. The largest absolute Gasteiger partial charge is 0.347 e. The van der Waals surface area contributed by atoms with E-state index in [2.05, 4.69) is 14.9 Å². The summed E-state index contributed by atoms with van der Waals surface area (Å²) in [6, 6.07) is 5.67. The third-order valence-electron chi connectivity index (χ3n) is 5.55. The SMILES string of the molecule is Cn1cccc1C(=O)N1CCC2(CC1)CCN(c1ncccn1)C2. The van der Waals surface area contributed by atoms with Crippen molar-refractivity contribution in [1.82, 2.24) is 19.4 Å². The van der Waals surface area contributed by atoms with Crippen LogP contribution in [0.1, 0.15) is 29.8 Å². The van der Waals surface area contributed by atoms with Crippen molar-refractivity contribution in [2.45, 2.75) is 19.3 Å². The van der Waals surface area contributed by atoms with Crippen LogP contribution in [0.15, 0.2) is 36.8 Å². The molecule has 2 aromatic rings. The molecule has 6 nitrogen and oxygen atoms in total. The fourth-order valence-corrected chi connectivity index (χ4v) is 4.00. The highest BCUT2D eigenvalue weighted by molar-refractivity contribution is 5.92. The van der Waals surface area contributed by atoms with Crippen molar-refractivity contribution < 1.29 is 4.79 Å². The zero-order chi connectivity index (χ0) is 16.6. The highest BCUT2D eigenvalue weighted by atomic mass is 16.2. The second-order valence-electron chi connectivity index (χ2n) is 7.02. The summed E-state index contributed by atoms with van der Waals surface area (Å²) in [6.07, 6.45) is 8.81. The number of aryl methyl sites for hydroxylation is 1. The lowest BCUT2D eigenvalue weighted by atomic mass is 9.77. The maximum absolute atomic E-state index is 12.6. The van der Waals surface area contributed by atoms with Crippen molar-refractivity contribution in [2.24, 2.45) is 12.5 Å². The Kier molecular flexibility index (Phi) is 3.75. The van der Waals surface area contributed by atoms with E-state index in [4.69, 9.17) is 0 Å². The first kappa shape index (κ1) is 15.2. The Bertz CT molecular complexity index is 718. The van der Waals surface area contributed by atoms with Crippen molar-refractivity contribution in [3.8, 4) is 0 Å². The van der Waals surface area contributed by atoms with Crippen LogP contribution in [0, 0.1) is 5.41 Å². The quantitative estimate of drug-likeness (QED) is 0.847. The number of hydrogen-bond donors (Lipinski definition) is 0. The second kappa shape index (κ2) is 5.92. The Morgan fingerprint density at radius 1 is 1.08 bits per heavy atom. The molecule has 0 aromatic carbocycles. The lowest BCUT2D eigenvalue weighted by Crippen LogP contribution is -2.44. The van der Waals surface area contributed by atoms with Crippen molar-refractivity contribution in [3.63, 3.8) is 0 Å². The normalized spacial score (nSPS) is 19.9. The first-order valence-corrected chi connectivity index (χ1v) is 8.60. The van der Waals surface area contributed by atoms with Crippen molar-refractivity contribution >= 4 is 11.9 Å². The van der Waals surface area contributed by atoms with Crippen LogP contribution in [0.4, 0.5) is 5.95 Å². The lowest BCUT2D eigenvalue weighted by Gasteiger charge is -2.39. The van der Waals surface area contributed by atoms with Crippen LogP contribution in [0.5, 0.6) is 0 Å². The molecule has 126 valence electrons. The molecule has 0 radical (unpaired) electrons. The minimum Gasteiger partial charge on any atom is -0.347 e. The molecule has 0 N–H and O–H groups in total. The van der Waals surface area contributed by atoms with Gasteiger partial charge in [0.05, 0.1) is 0 Å². The Hall–Kier alpha value is -2.37. The molecule has 24 heavy (non-hydrogen) atoms. The predicted molar refractivity (Wildman–Crippen MR) is 91.8 cm³/mol. The number of likely N-dealkylation sites (tertiary alicyclic amines) is 1. The van der Waals surface area contributed by atoms with E-state index in [1.54, 1.807) is 12.4 Å². The van der Waals surface area contributed by atoms with Gasteiger partial charge in [-0.2, -0.15) is 0 Å². The number of carbonyl (C=O) groups excluding carboxylic acids is 1. The number of hydrogen-bond acceptors (Lipinski definition) is 4. The van der Waals surface area contributed by atoms with Gasteiger partial charge in [0.1, 0.15) is 5.69 Å². The molecule has 1 amide bonds. The van der Waals surface area contributed by atoms with E-state index in [9.17, 15) is 4.79 Å². The van der Waals surface area contributed by atoms with Crippen molar-refractivity contribution in [2.75, 3.05) is 31.1 Å². The highest BCUT2D eigenvalue weighted by Gasteiger charge is 2.42. The van der Waals surface area contributed by atoms with Crippen LogP contribution in [0.25, 0.3) is 0 Å². The monoisotopic (exact) mass is 325 g/mol. The molecule has 6 heteroatoms. The van der Waals surface area contributed by atoms with Gasteiger partial charge >= 0.3 is 0 Å². The second-order valence-corrected chi connectivity index (χ2v) is 7.02. The number of carbonyl (C=O) groups is 1. The third kappa shape index (κ3) is 2.66.